The molecule has 154 valence electrons. The zero-order valence-electron chi connectivity index (χ0n) is 16.9. The van der Waals surface area contributed by atoms with Crippen LogP contribution in [0.5, 0.6) is 0 Å². The van der Waals surface area contributed by atoms with Crippen LogP contribution in [0.25, 0.3) is 0 Å². The van der Waals surface area contributed by atoms with Gasteiger partial charge in [0.1, 0.15) is 5.69 Å². The van der Waals surface area contributed by atoms with Crippen LogP contribution in [0.4, 0.5) is 0 Å². The van der Waals surface area contributed by atoms with E-state index < -0.39 is 5.97 Å². The van der Waals surface area contributed by atoms with Gasteiger partial charge in [-0.2, -0.15) is 0 Å². The first-order valence-electron chi connectivity index (χ1n) is 9.88. The monoisotopic (exact) mass is 415 g/mol. The quantitative estimate of drug-likeness (QED) is 0.698. The summed E-state index contributed by atoms with van der Waals surface area (Å²) in [6.07, 6.45) is 0.902. The molecule has 0 aliphatic carbocycles. The van der Waals surface area contributed by atoms with Gasteiger partial charge in [0, 0.05) is 37.7 Å². The van der Waals surface area contributed by atoms with E-state index in [1.165, 1.54) is 5.56 Å². The molecule has 0 saturated carbocycles. The zero-order chi connectivity index (χ0) is 20.8. The summed E-state index contributed by atoms with van der Waals surface area (Å²) in [6, 6.07) is 11.1. The Balaban J connectivity index is 1.62. The van der Waals surface area contributed by atoms with Gasteiger partial charge in [-0.25, -0.2) is 9.78 Å². The molecule has 29 heavy (non-hydrogen) atoms. The van der Waals surface area contributed by atoms with Gasteiger partial charge >= 0.3 is 5.97 Å². The number of carbonyl (C=O) groups excluding carboxylic acids is 2. The van der Waals surface area contributed by atoms with E-state index in [1.54, 1.807) is 26.0 Å². The van der Waals surface area contributed by atoms with E-state index in [-0.39, 0.29) is 5.91 Å². The topological polar surface area (TPSA) is 62.7 Å². The Labute approximate surface area is 176 Å². The molecular weight excluding hydrogens is 390 g/mol. The lowest BCUT2D eigenvalue weighted by atomic mass is 10.1. The molecule has 0 atom stereocenters. The number of hydrogen-bond donors (Lipinski definition) is 0. The van der Waals surface area contributed by atoms with E-state index in [2.05, 4.69) is 9.88 Å². The van der Waals surface area contributed by atoms with Gasteiger partial charge in [0.15, 0.2) is 0 Å². The SMILES string of the molecule is CCOC(=O)c1ccc(C(=O)N2CCCN(Cc3ccc(Cl)cc3)CC2)nc1C. The fourth-order valence-corrected chi connectivity index (χ4v) is 3.57. The van der Waals surface area contributed by atoms with Gasteiger partial charge in [-0.1, -0.05) is 23.7 Å². The summed E-state index contributed by atoms with van der Waals surface area (Å²) in [5.74, 6) is -0.513. The normalized spacial score (nSPS) is 15.1. The maximum absolute atomic E-state index is 12.9. The highest BCUT2D eigenvalue weighted by atomic mass is 35.5. The van der Waals surface area contributed by atoms with Crippen molar-refractivity contribution in [2.45, 2.75) is 26.8 Å². The fourth-order valence-electron chi connectivity index (χ4n) is 3.45. The predicted octanol–water partition coefficient (Wildman–Crippen LogP) is 3.57. The predicted molar refractivity (Wildman–Crippen MR) is 112 cm³/mol. The number of halogens is 1. The van der Waals surface area contributed by atoms with Crippen LogP contribution in [-0.4, -0.2) is 59.4 Å². The first-order chi connectivity index (χ1) is 14.0. The van der Waals surface area contributed by atoms with Crippen molar-refractivity contribution >= 4 is 23.5 Å². The highest BCUT2D eigenvalue weighted by Crippen LogP contribution is 2.15. The third kappa shape index (κ3) is 5.55. The lowest BCUT2D eigenvalue weighted by molar-refractivity contribution is 0.0524. The van der Waals surface area contributed by atoms with Gasteiger partial charge in [-0.05, 0) is 50.1 Å². The fraction of sp³-hybridized carbons (Fsp3) is 0.409. The maximum atomic E-state index is 12.9. The zero-order valence-corrected chi connectivity index (χ0v) is 17.6. The van der Waals surface area contributed by atoms with Crippen LogP contribution in [-0.2, 0) is 11.3 Å². The largest absolute Gasteiger partial charge is 0.462 e. The summed E-state index contributed by atoms with van der Waals surface area (Å²) in [5.41, 5.74) is 2.48. The summed E-state index contributed by atoms with van der Waals surface area (Å²) in [5, 5.41) is 0.734. The lowest BCUT2D eigenvalue weighted by Crippen LogP contribution is -2.35. The van der Waals surface area contributed by atoms with Crippen molar-refractivity contribution in [3.8, 4) is 0 Å². The molecule has 2 heterocycles. The summed E-state index contributed by atoms with van der Waals surface area (Å²) in [6.45, 7) is 7.69. The van der Waals surface area contributed by atoms with Crippen molar-refractivity contribution in [2.24, 2.45) is 0 Å². The van der Waals surface area contributed by atoms with Crippen molar-refractivity contribution in [1.29, 1.82) is 0 Å². The van der Waals surface area contributed by atoms with Gasteiger partial charge < -0.3 is 9.64 Å². The van der Waals surface area contributed by atoms with Crippen LogP contribution >= 0.6 is 11.6 Å². The third-order valence-electron chi connectivity index (χ3n) is 5.00. The van der Waals surface area contributed by atoms with E-state index in [0.29, 0.717) is 36.6 Å². The molecule has 0 spiro atoms. The molecule has 1 amide bonds. The number of esters is 1. The second-order valence-electron chi connectivity index (χ2n) is 7.10. The van der Waals surface area contributed by atoms with Gasteiger partial charge in [0.05, 0.1) is 17.9 Å². The third-order valence-corrected chi connectivity index (χ3v) is 5.25. The Morgan fingerprint density at radius 2 is 1.83 bits per heavy atom. The average molecular weight is 416 g/mol. The highest BCUT2D eigenvalue weighted by Gasteiger charge is 2.22. The van der Waals surface area contributed by atoms with E-state index in [9.17, 15) is 9.59 Å². The van der Waals surface area contributed by atoms with Gasteiger partial charge in [-0.15, -0.1) is 0 Å². The molecule has 1 aliphatic rings. The standard InChI is InChI=1S/C22H26ClN3O3/c1-3-29-22(28)19-9-10-20(24-16(19)2)21(27)26-12-4-11-25(13-14-26)15-17-5-7-18(23)8-6-17/h5-10H,3-4,11-15H2,1-2H3. The summed E-state index contributed by atoms with van der Waals surface area (Å²) < 4.78 is 5.02. The Kier molecular flexibility index (Phi) is 7.23. The average Bonchev–Trinajstić information content (AvgIpc) is 2.95. The Morgan fingerprint density at radius 1 is 1.07 bits per heavy atom. The molecule has 0 bridgehead atoms. The van der Waals surface area contributed by atoms with E-state index in [1.807, 2.05) is 29.2 Å². The van der Waals surface area contributed by atoms with Crippen LogP contribution in [0.3, 0.4) is 0 Å². The number of hydrogen-bond acceptors (Lipinski definition) is 5. The van der Waals surface area contributed by atoms with Crippen molar-refractivity contribution < 1.29 is 14.3 Å². The number of nitrogens with zero attached hydrogens (tertiary/aromatic N) is 3. The molecule has 2 aromatic rings. The highest BCUT2D eigenvalue weighted by molar-refractivity contribution is 6.30. The van der Waals surface area contributed by atoms with Crippen molar-refractivity contribution in [1.82, 2.24) is 14.8 Å². The molecule has 0 N–H and O–H groups in total. The van der Waals surface area contributed by atoms with E-state index in [0.717, 1.165) is 31.1 Å². The molecule has 1 saturated heterocycles. The summed E-state index contributed by atoms with van der Waals surface area (Å²) in [7, 11) is 0. The minimum absolute atomic E-state index is 0.100. The Hall–Kier alpha value is -2.44. The minimum atomic E-state index is -0.413. The molecule has 3 rings (SSSR count). The maximum Gasteiger partial charge on any atom is 0.339 e. The van der Waals surface area contributed by atoms with Crippen LogP contribution < -0.4 is 0 Å². The van der Waals surface area contributed by atoms with Crippen LogP contribution in [0.1, 0.15) is 45.4 Å². The Morgan fingerprint density at radius 3 is 2.52 bits per heavy atom. The summed E-state index contributed by atoms with van der Waals surface area (Å²) >= 11 is 5.96. The summed E-state index contributed by atoms with van der Waals surface area (Å²) in [4.78, 5) is 33.4. The number of ether oxygens (including phenoxy) is 1. The molecule has 7 heteroatoms. The minimum Gasteiger partial charge on any atom is -0.462 e. The van der Waals surface area contributed by atoms with E-state index >= 15 is 0 Å². The molecule has 1 aromatic carbocycles. The smallest absolute Gasteiger partial charge is 0.339 e. The van der Waals surface area contributed by atoms with Gasteiger partial charge in [0.25, 0.3) is 5.91 Å². The van der Waals surface area contributed by atoms with Gasteiger partial charge in [-0.3, -0.25) is 9.69 Å². The number of aryl methyl sites for hydroxylation is 1. The second kappa shape index (κ2) is 9.85. The molecule has 0 unspecified atom stereocenters. The van der Waals surface area contributed by atoms with Gasteiger partial charge in [0.2, 0.25) is 0 Å². The molecule has 1 aliphatic heterocycles. The number of benzene rings is 1. The van der Waals surface area contributed by atoms with Crippen molar-refractivity contribution in [3.63, 3.8) is 0 Å². The lowest BCUT2D eigenvalue weighted by Gasteiger charge is -2.22. The first kappa shape index (κ1) is 21.3. The van der Waals surface area contributed by atoms with Crippen LogP contribution in [0, 0.1) is 6.92 Å². The molecule has 1 fully saturated rings. The number of rotatable bonds is 5. The van der Waals surface area contributed by atoms with Crippen molar-refractivity contribution in [3.05, 3.63) is 63.9 Å². The van der Waals surface area contributed by atoms with E-state index in [4.69, 9.17) is 16.3 Å². The number of carbonyl (C=O) groups is 2. The number of aromatic nitrogens is 1. The van der Waals surface area contributed by atoms with Crippen LogP contribution in [0.2, 0.25) is 5.02 Å². The number of amides is 1. The molecule has 0 radical (unpaired) electrons. The molecule has 1 aromatic heterocycles. The molecule has 6 nitrogen and oxygen atoms in total. The first-order valence-corrected chi connectivity index (χ1v) is 10.3. The molecular formula is C22H26ClN3O3. The van der Waals surface area contributed by atoms with Crippen LogP contribution in [0.15, 0.2) is 36.4 Å². The Bertz CT molecular complexity index is 870. The number of pyridine rings is 1. The van der Waals surface area contributed by atoms with Crippen molar-refractivity contribution in [2.75, 3.05) is 32.8 Å². The second-order valence-corrected chi connectivity index (χ2v) is 7.53.